The van der Waals surface area contributed by atoms with Crippen LogP contribution in [0.5, 0.6) is 0 Å². The molecule has 2 aromatic rings. The van der Waals surface area contributed by atoms with Crippen molar-refractivity contribution in [1.82, 2.24) is 47.2 Å². The highest BCUT2D eigenvalue weighted by Gasteiger charge is 2.24. The van der Waals surface area contributed by atoms with E-state index in [1.54, 1.807) is 43.8 Å². The summed E-state index contributed by atoms with van der Waals surface area (Å²) in [5, 5.41) is 18.5. The lowest BCUT2D eigenvalue weighted by atomic mass is 9.96. The van der Waals surface area contributed by atoms with Crippen molar-refractivity contribution in [1.29, 1.82) is 0 Å². The molecule has 0 bridgehead atoms. The second kappa shape index (κ2) is 56.1. The Hall–Kier alpha value is -6.33. The molecule has 0 aliphatic carbocycles. The molecule has 1 aromatic heterocycles. The van der Waals surface area contributed by atoms with E-state index >= 15 is 0 Å². The molecule has 2 rings (SSSR count). The molecule has 0 aliphatic heterocycles. The van der Waals surface area contributed by atoms with Gasteiger partial charge in [0, 0.05) is 63.7 Å². The molecule has 28 heteroatoms. The van der Waals surface area contributed by atoms with Crippen LogP contribution in [-0.4, -0.2) is 255 Å². The molecule has 1 heterocycles. The minimum Gasteiger partial charge on any atom is -0.382 e. The number of hydrogen-bond acceptors (Lipinski definition) is 21. The molecular formula is C65H107N9O19. The van der Waals surface area contributed by atoms with E-state index in [0.29, 0.717) is 176 Å². The first kappa shape index (κ1) is 82.8. The monoisotopic (exact) mass is 1320 g/mol. The van der Waals surface area contributed by atoms with E-state index in [9.17, 15) is 33.6 Å². The first-order chi connectivity index (χ1) is 45.1. The maximum atomic E-state index is 13.5. The van der Waals surface area contributed by atoms with Crippen LogP contribution in [0.3, 0.4) is 0 Å². The number of benzene rings is 1. The van der Waals surface area contributed by atoms with Crippen molar-refractivity contribution in [3.8, 4) is 11.8 Å². The van der Waals surface area contributed by atoms with Gasteiger partial charge in [-0.05, 0) is 37.2 Å². The standard InChI is InChI=1S/C65H107N9O19/c1-52(2)46-67-59(77)49-70-63(81)56(45-53-15-9-7-10-16-53)74-61(79)51-68-60(78)50-69-62(80)55(18-13-14-21-66-57(75)19-12-8-11-17-54-47-71-64(72-48-54)65(3,4)5)73-58(76)20-22-83-25-26-85-29-30-87-33-34-89-37-38-91-41-42-93-44-43-92-40-39-90-36-35-88-32-31-86-28-27-84-24-23-82-6/h7,9-10,15-16,47-48,52,55-56H,8,12-14,18-46,49-51H2,1-6H3,(H,66,75)(H,67,77)(H,68,78)(H,69,80)(H,70,81)(H,73,76)(H,74,79)/t55-,56-/m0/s1. The molecule has 0 spiro atoms. The van der Waals surface area contributed by atoms with E-state index in [1.165, 1.54) is 0 Å². The van der Waals surface area contributed by atoms with Crippen LogP contribution in [0.25, 0.3) is 0 Å². The zero-order valence-corrected chi connectivity index (χ0v) is 55.9. The highest BCUT2D eigenvalue weighted by atomic mass is 16.6. The molecule has 0 saturated carbocycles. The molecule has 2 atom stereocenters. The molecule has 28 nitrogen and oxygen atoms in total. The average Bonchev–Trinajstić information content (AvgIpc) is 1.38. The van der Waals surface area contributed by atoms with Gasteiger partial charge in [0.05, 0.1) is 177 Å². The SMILES string of the molecule is COCCOCCOCCOCCOCCOCCOCCOCCOCCOCCOCCOCCC(=O)N[C@@H](CCCCNC(=O)CCCC#Cc1cnc(C(C)(C)C)nc1)C(=O)NCC(=O)NCC(=O)N[C@@H](Cc1ccccc1)C(=O)NCC(=O)NCC(C)C. The van der Waals surface area contributed by atoms with Crippen LogP contribution in [0.1, 0.15) is 96.5 Å². The number of carbonyl (C=O) groups is 7. The predicted molar refractivity (Wildman–Crippen MR) is 345 cm³/mol. The van der Waals surface area contributed by atoms with Gasteiger partial charge in [-0.1, -0.05) is 76.8 Å². The maximum absolute atomic E-state index is 13.5. The Morgan fingerprint density at radius 3 is 1.35 bits per heavy atom. The third-order valence-corrected chi connectivity index (χ3v) is 12.7. The van der Waals surface area contributed by atoms with Crippen molar-refractivity contribution >= 4 is 41.4 Å². The maximum Gasteiger partial charge on any atom is 0.243 e. The van der Waals surface area contributed by atoms with Crippen LogP contribution in [0, 0.1) is 17.8 Å². The minimum atomic E-state index is -1.06. The van der Waals surface area contributed by atoms with Crippen LogP contribution in [0.2, 0.25) is 0 Å². The van der Waals surface area contributed by atoms with E-state index in [2.05, 4.69) is 59.0 Å². The van der Waals surface area contributed by atoms with Gasteiger partial charge in [0.2, 0.25) is 41.4 Å². The van der Waals surface area contributed by atoms with Gasteiger partial charge in [-0.15, -0.1) is 0 Å². The lowest BCUT2D eigenvalue weighted by Crippen LogP contribution is -2.53. The molecule has 0 saturated heterocycles. The number of ether oxygens (including phenoxy) is 12. The number of nitrogens with one attached hydrogen (secondary N) is 7. The van der Waals surface area contributed by atoms with Crippen molar-refractivity contribution in [3.63, 3.8) is 0 Å². The molecule has 0 fully saturated rings. The van der Waals surface area contributed by atoms with Crippen LogP contribution in [-0.2, 0) is 102 Å². The summed E-state index contributed by atoms with van der Waals surface area (Å²) in [5.74, 6) is 3.44. The largest absolute Gasteiger partial charge is 0.382 e. The van der Waals surface area contributed by atoms with Crippen LogP contribution in [0.4, 0.5) is 0 Å². The topological polar surface area (TPSA) is 340 Å². The quantitative estimate of drug-likeness (QED) is 0.0361. The number of rotatable bonds is 58. The zero-order chi connectivity index (χ0) is 67.7. The summed E-state index contributed by atoms with van der Waals surface area (Å²) >= 11 is 0. The van der Waals surface area contributed by atoms with Crippen LogP contribution in [0.15, 0.2) is 42.7 Å². The van der Waals surface area contributed by atoms with Crippen molar-refractivity contribution < 1.29 is 90.4 Å². The van der Waals surface area contributed by atoms with Gasteiger partial charge >= 0.3 is 0 Å². The number of nitrogens with zero attached hydrogens (tertiary/aromatic N) is 2. The summed E-state index contributed by atoms with van der Waals surface area (Å²) in [7, 11) is 1.63. The molecule has 1 aromatic carbocycles. The number of carbonyl (C=O) groups excluding carboxylic acids is 7. The van der Waals surface area contributed by atoms with E-state index in [-0.39, 0.29) is 75.2 Å². The normalized spacial score (nSPS) is 11.9. The Morgan fingerprint density at radius 1 is 0.462 bits per heavy atom. The Kier molecular flexibility index (Phi) is 49.9. The Labute approximate surface area is 549 Å². The lowest BCUT2D eigenvalue weighted by Gasteiger charge is -2.20. The van der Waals surface area contributed by atoms with E-state index in [4.69, 9.17) is 56.8 Å². The fourth-order valence-electron chi connectivity index (χ4n) is 7.72. The molecule has 7 N–H and O–H groups in total. The number of amides is 7. The highest BCUT2D eigenvalue weighted by Crippen LogP contribution is 2.17. The fraction of sp³-hybridized carbons (Fsp3) is 0.708. The molecule has 0 aliphatic rings. The van der Waals surface area contributed by atoms with Crippen LogP contribution >= 0.6 is 0 Å². The molecule has 526 valence electrons. The van der Waals surface area contributed by atoms with Crippen molar-refractivity contribution in [2.45, 2.75) is 103 Å². The van der Waals surface area contributed by atoms with E-state index in [0.717, 1.165) is 11.4 Å². The van der Waals surface area contributed by atoms with Gasteiger partial charge in [-0.25, -0.2) is 9.97 Å². The highest BCUT2D eigenvalue weighted by molar-refractivity contribution is 5.93. The Morgan fingerprint density at radius 2 is 0.892 bits per heavy atom. The van der Waals surface area contributed by atoms with Gasteiger partial charge in [-0.2, -0.15) is 0 Å². The van der Waals surface area contributed by atoms with Crippen molar-refractivity contribution in [2.75, 3.05) is 192 Å². The minimum absolute atomic E-state index is 0.0480. The third-order valence-electron chi connectivity index (χ3n) is 12.7. The number of hydrogen-bond donors (Lipinski definition) is 7. The van der Waals surface area contributed by atoms with Gasteiger partial charge < -0.3 is 94.1 Å². The summed E-state index contributed by atoms with van der Waals surface area (Å²) in [6.45, 7) is 19.1. The first-order valence-corrected chi connectivity index (χ1v) is 32.2. The van der Waals surface area contributed by atoms with E-state index in [1.807, 2.05) is 40.7 Å². The smallest absolute Gasteiger partial charge is 0.243 e. The van der Waals surface area contributed by atoms with E-state index < -0.39 is 54.7 Å². The third kappa shape index (κ3) is 49.0. The van der Waals surface area contributed by atoms with Crippen molar-refractivity contribution in [2.24, 2.45) is 5.92 Å². The Bertz CT molecular complexity index is 2360. The summed E-state index contributed by atoms with van der Waals surface area (Å²) in [4.78, 5) is 99.3. The lowest BCUT2D eigenvalue weighted by molar-refractivity contribution is -0.132. The molecular weight excluding hydrogens is 1210 g/mol. The molecule has 7 amide bonds. The van der Waals surface area contributed by atoms with Crippen LogP contribution < -0.4 is 37.2 Å². The summed E-state index contributed by atoms with van der Waals surface area (Å²) in [5.41, 5.74) is 1.29. The van der Waals surface area contributed by atoms with Gasteiger partial charge in [-0.3, -0.25) is 33.6 Å². The summed E-state index contributed by atoms with van der Waals surface area (Å²) < 4.78 is 65.4. The Balaban J connectivity index is 1.64. The van der Waals surface area contributed by atoms with Gasteiger partial charge in [0.15, 0.2) is 0 Å². The summed E-state index contributed by atoms with van der Waals surface area (Å²) in [6, 6.07) is 6.87. The second-order valence-corrected chi connectivity index (χ2v) is 22.4. The zero-order valence-electron chi connectivity index (χ0n) is 55.9. The van der Waals surface area contributed by atoms with Crippen molar-refractivity contribution in [3.05, 3.63) is 59.7 Å². The molecule has 0 unspecified atom stereocenters. The fourth-order valence-corrected chi connectivity index (χ4v) is 7.72. The molecule has 0 radical (unpaired) electrons. The number of methoxy groups -OCH3 is 1. The summed E-state index contributed by atoms with van der Waals surface area (Å²) in [6.07, 6.45) is 5.90. The first-order valence-electron chi connectivity index (χ1n) is 32.2. The predicted octanol–water partition coefficient (Wildman–Crippen LogP) is 1.13. The van der Waals surface area contributed by atoms with Gasteiger partial charge in [0.1, 0.15) is 17.9 Å². The molecule has 93 heavy (non-hydrogen) atoms. The second-order valence-electron chi connectivity index (χ2n) is 22.4. The van der Waals surface area contributed by atoms with Gasteiger partial charge in [0.25, 0.3) is 0 Å². The average molecular weight is 1320 g/mol. The number of unbranched alkanes of at least 4 members (excludes halogenated alkanes) is 2. The number of aromatic nitrogens is 2.